The van der Waals surface area contributed by atoms with Crippen LogP contribution in [0.4, 0.5) is 20.6 Å². The number of carbonyl (C=O) groups excluding carboxylic acids is 1. The second kappa shape index (κ2) is 6.71. The van der Waals surface area contributed by atoms with E-state index in [0.717, 1.165) is 6.07 Å². The largest absolute Gasteiger partial charge is 0.392 e. The Morgan fingerprint density at radius 1 is 1.19 bits per heavy atom. The van der Waals surface area contributed by atoms with Crippen LogP contribution >= 0.6 is 23.2 Å². The van der Waals surface area contributed by atoms with Gasteiger partial charge in [-0.2, -0.15) is 0 Å². The van der Waals surface area contributed by atoms with Crippen molar-refractivity contribution in [3.05, 3.63) is 52.0 Å². The van der Waals surface area contributed by atoms with Crippen LogP contribution in [0, 0.1) is 5.82 Å². The highest BCUT2D eigenvalue weighted by atomic mass is 35.5. The van der Waals surface area contributed by atoms with Gasteiger partial charge in [-0.05, 0) is 24.3 Å². The summed E-state index contributed by atoms with van der Waals surface area (Å²) < 4.78 is 13.2. The molecule has 1 aromatic heterocycles. The van der Waals surface area contributed by atoms with Crippen molar-refractivity contribution in [2.45, 2.75) is 6.61 Å². The predicted octanol–water partition coefficient (Wildman–Crippen LogP) is 3.66. The first kappa shape index (κ1) is 15.5. The van der Waals surface area contributed by atoms with Crippen LogP contribution in [-0.4, -0.2) is 16.1 Å². The summed E-state index contributed by atoms with van der Waals surface area (Å²) in [6.45, 7) is -0.331. The molecule has 0 spiro atoms. The molecule has 0 bridgehead atoms. The van der Waals surface area contributed by atoms with Gasteiger partial charge in [-0.1, -0.05) is 29.3 Å². The van der Waals surface area contributed by atoms with Crippen LogP contribution in [-0.2, 0) is 6.61 Å². The van der Waals surface area contributed by atoms with Crippen molar-refractivity contribution < 1.29 is 14.3 Å². The van der Waals surface area contributed by atoms with Crippen molar-refractivity contribution in [3.8, 4) is 0 Å². The molecule has 2 aromatic rings. The summed E-state index contributed by atoms with van der Waals surface area (Å²) in [5.41, 5.74) is 0.887. The molecule has 2 rings (SSSR count). The van der Waals surface area contributed by atoms with Gasteiger partial charge in [0.1, 0.15) is 16.1 Å². The van der Waals surface area contributed by atoms with E-state index in [2.05, 4.69) is 15.6 Å². The molecule has 110 valence electrons. The number of pyridine rings is 1. The lowest BCUT2D eigenvalue weighted by Crippen LogP contribution is -2.20. The van der Waals surface area contributed by atoms with Crippen molar-refractivity contribution >= 4 is 40.6 Å². The molecule has 2 amide bonds. The molecule has 0 fully saturated rings. The summed E-state index contributed by atoms with van der Waals surface area (Å²) >= 11 is 11.4. The van der Waals surface area contributed by atoms with Crippen LogP contribution in [0.3, 0.4) is 0 Å². The van der Waals surface area contributed by atoms with Crippen molar-refractivity contribution in [1.29, 1.82) is 0 Å². The number of halogens is 3. The van der Waals surface area contributed by atoms with Crippen LogP contribution in [0.1, 0.15) is 5.56 Å². The number of anilines is 2. The first-order valence-corrected chi connectivity index (χ1v) is 6.54. The Kier molecular flexibility index (Phi) is 4.95. The number of amides is 2. The van der Waals surface area contributed by atoms with E-state index in [9.17, 15) is 9.18 Å². The van der Waals surface area contributed by atoms with Gasteiger partial charge < -0.3 is 15.7 Å². The smallest absolute Gasteiger partial charge is 0.323 e. The van der Waals surface area contributed by atoms with E-state index in [1.54, 1.807) is 0 Å². The van der Waals surface area contributed by atoms with Gasteiger partial charge in [-0.15, -0.1) is 0 Å². The number of urea groups is 1. The maximum Gasteiger partial charge on any atom is 0.323 e. The van der Waals surface area contributed by atoms with Gasteiger partial charge in [0.05, 0.1) is 12.3 Å². The Morgan fingerprint density at radius 2 is 1.86 bits per heavy atom. The summed E-state index contributed by atoms with van der Waals surface area (Å²) in [4.78, 5) is 15.6. The average Bonchev–Trinajstić information content (AvgIpc) is 2.37. The van der Waals surface area contributed by atoms with Crippen LogP contribution in [0.5, 0.6) is 0 Å². The lowest BCUT2D eigenvalue weighted by Gasteiger charge is -2.11. The van der Waals surface area contributed by atoms with Gasteiger partial charge in [0.15, 0.2) is 0 Å². The van der Waals surface area contributed by atoms with Gasteiger partial charge in [0.25, 0.3) is 0 Å². The number of aliphatic hydroxyl groups is 1. The molecular formula is C13H10Cl2FN3O2. The number of carbonyl (C=O) groups is 1. The summed E-state index contributed by atoms with van der Waals surface area (Å²) in [7, 11) is 0. The predicted molar refractivity (Wildman–Crippen MR) is 79.2 cm³/mol. The second-order valence-corrected chi connectivity index (χ2v) is 4.81. The minimum atomic E-state index is -0.631. The standard InChI is InChI=1S/C13H10Cl2FN3O2/c14-11-4-9(5-12(15)19-11)17-13(21)18-10-3-8(16)2-1-7(10)6-20/h1-5,20H,6H2,(H2,17,18,19,21). The number of nitrogens with one attached hydrogen (secondary N) is 2. The molecule has 0 aliphatic carbocycles. The maximum atomic E-state index is 13.2. The average molecular weight is 330 g/mol. The molecule has 1 heterocycles. The van der Waals surface area contributed by atoms with Gasteiger partial charge in [0, 0.05) is 11.3 Å². The third-order valence-electron chi connectivity index (χ3n) is 2.51. The van der Waals surface area contributed by atoms with Crippen LogP contribution in [0.2, 0.25) is 10.3 Å². The minimum Gasteiger partial charge on any atom is -0.392 e. The first-order chi connectivity index (χ1) is 9.97. The third-order valence-corrected chi connectivity index (χ3v) is 2.90. The van der Waals surface area contributed by atoms with E-state index in [-0.39, 0.29) is 22.6 Å². The lowest BCUT2D eigenvalue weighted by molar-refractivity contribution is 0.262. The van der Waals surface area contributed by atoms with Crippen molar-refractivity contribution in [2.24, 2.45) is 0 Å². The molecule has 0 saturated carbocycles. The van der Waals surface area contributed by atoms with Gasteiger partial charge >= 0.3 is 6.03 Å². The summed E-state index contributed by atoms with van der Waals surface area (Å²) in [6, 6.07) is 5.87. The Balaban J connectivity index is 2.13. The van der Waals surface area contributed by atoms with Crippen LogP contribution in [0.15, 0.2) is 30.3 Å². The van der Waals surface area contributed by atoms with E-state index in [0.29, 0.717) is 11.3 Å². The number of benzene rings is 1. The first-order valence-electron chi connectivity index (χ1n) is 5.78. The maximum absolute atomic E-state index is 13.2. The quantitative estimate of drug-likeness (QED) is 0.752. The Labute approximate surface area is 129 Å². The molecule has 3 N–H and O–H groups in total. The molecule has 5 nitrogen and oxygen atoms in total. The molecule has 0 unspecified atom stereocenters. The molecule has 0 aliphatic rings. The molecule has 21 heavy (non-hydrogen) atoms. The molecule has 1 aromatic carbocycles. The van der Waals surface area contributed by atoms with Gasteiger partial charge in [-0.25, -0.2) is 14.2 Å². The molecule has 0 aliphatic heterocycles. The van der Waals surface area contributed by atoms with Crippen LogP contribution in [0.25, 0.3) is 0 Å². The zero-order chi connectivity index (χ0) is 15.4. The Hall–Kier alpha value is -1.89. The zero-order valence-corrected chi connectivity index (χ0v) is 12.0. The van der Waals surface area contributed by atoms with E-state index >= 15 is 0 Å². The van der Waals surface area contributed by atoms with E-state index in [1.165, 1.54) is 24.3 Å². The van der Waals surface area contributed by atoms with Crippen molar-refractivity contribution in [1.82, 2.24) is 4.98 Å². The highest BCUT2D eigenvalue weighted by Gasteiger charge is 2.09. The zero-order valence-electron chi connectivity index (χ0n) is 10.5. The van der Waals surface area contributed by atoms with Gasteiger partial charge in [0.2, 0.25) is 0 Å². The number of hydrogen-bond acceptors (Lipinski definition) is 3. The fraction of sp³-hybridized carbons (Fsp3) is 0.0769. The molecule has 0 radical (unpaired) electrons. The topological polar surface area (TPSA) is 74.2 Å². The monoisotopic (exact) mass is 329 g/mol. The fourth-order valence-electron chi connectivity index (χ4n) is 1.62. The molecular weight excluding hydrogens is 320 g/mol. The lowest BCUT2D eigenvalue weighted by atomic mass is 10.2. The number of hydrogen-bond donors (Lipinski definition) is 3. The van der Waals surface area contributed by atoms with Crippen molar-refractivity contribution in [3.63, 3.8) is 0 Å². The summed E-state index contributed by atoms with van der Waals surface area (Å²) in [6.07, 6.45) is 0. The highest BCUT2D eigenvalue weighted by Crippen LogP contribution is 2.20. The SMILES string of the molecule is O=C(Nc1cc(Cl)nc(Cl)c1)Nc1cc(F)ccc1CO. The Bertz CT molecular complexity index is 662. The summed E-state index contributed by atoms with van der Waals surface area (Å²) in [5.74, 6) is -0.530. The van der Waals surface area contributed by atoms with E-state index in [1.807, 2.05) is 0 Å². The second-order valence-electron chi connectivity index (χ2n) is 4.04. The summed E-state index contributed by atoms with van der Waals surface area (Å²) in [5, 5.41) is 14.3. The number of aromatic nitrogens is 1. The van der Waals surface area contributed by atoms with E-state index < -0.39 is 11.8 Å². The number of aliphatic hydroxyl groups excluding tert-OH is 1. The Morgan fingerprint density at radius 3 is 2.48 bits per heavy atom. The van der Waals surface area contributed by atoms with Crippen molar-refractivity contribution in [2.75, 3.05) is 10.6 Å². The number of rotatable bonds is 3. The minimum absolute atomic E-state index is 0.125. The fourth-order valence-corrected chi connectivity index (χ4v) is 2.09. The molecule has 8 heteroatoms. The third kappa shape index (κ3) is 4.29. The van der Waals surface area contributed by atoms with Crippen LogP contribution < -0.4 is 10.6 Å². The molecule has 0 atom stereocenters. The number of nitrogens with zero attached hydrogens (tertiary/aromatic N) is 1. The molecule has 0 saturated heterocycles. The van der Waals surface area contributed by atoms with E-state index in [4.69, 9.17) is 28.3 Å². The highest BCUT2D eigenvalue weighted by molar-refractivity contribution is 6.33. The normalized spacial score (nSPS) is 10.3. The van der Waals surface area contributed by atoms with Gasteiger partial charge in [-0.3, -0.25) is 0 Å².